The maximum atomic E-state index is 14.1. The molecule has 5 rings (SSSR count). The van der Waals surface area contributed by atoms with Gasteiger partial charge >= 0.3 is 0 Å². The number of hydrogen-bond donors (Lipinski definition) is 0. The van der Waals surface area contributed by atoms with Gasteiger partial charge in [0.2, 0.25) is 0 Å². The molecule has 0 N–H and O–H groups in total. The van der Waals surface area contributed by atoms with Crippen LogP contribution in [0.3, 0.4) is 0 Å². The molecule has 0 unspecified atom stereocenters. The van der Waals surface area contributed by atoms with E-state index in [0.717, 1.165) is 6.42 Å². The Balaban J connectivity index is 1.94. The lowest BCUT2D eigenvalue weighted by Gasteiger charge is -2.27. The van der Waals surface area contributed by atoms with Crippen LogP contribution in [-0.2, 0) is 0 Å². The lowest BCUT2D eigenvalue weighted by Crippen LogP contribution is -2.41. The summed E-state index contributed by atoms with van der Waals surface area (Å²) in [6, 6.07) is 5.91. The highest BCUT2D eigenvalue weighted by Gasteiger charge is 2.34. The molecule has 6 nitrogen and oxygen atoms in total. The van der Waals surface area contributed by atoms with Gasteiger partial charge in [-0.25, -0.2) is 4.40 Å². The molecule has 2 aromatic heterocycles. The number of imidazole rings is 1. The molecule has 4 aromatic rings. The van der Waals surface area contributed by atoms with Crippen LogP contribution in [0.1, 0.15) is 40.5 Å². The number of pyridine rings is 1. The Morgan fingerprint density at radius 3 is 2.21 bits per heavy atom. The highest BCUT2D eigenvalue weighted by Crippen LogP contribution is 2.36. The van der Waals surface area contributed by atoms with Crippen molar-refractivity contribution in [2.75, 3.05) is 6.54 Å². The van der Waals surface area contributed by atoms with Gasteiger partial charge in [0.15, 0.2) is 5.65 Å². The number of nitrogens with zero attached hydrogens (tertiary/aromatic N) is 3. The third-order valence-corrected chi connectivity index (χ3v) is 5.30. The fourth-order valence-corrected chi connectivity index (χ4v) is 3.98. The number of unbranched alkanes of at least 4 members (excludes halogenated alkanes) is 1. The summed E-state index contributed by atoms with van der Waals surface area (Å²) in [5.41, 5.74) is -0.377. The SMILES string of the molecule is CCCCN1C(=O)c2ccc3c(=O)n4c(F)c(F)nc4c4ccc(c2c34)C1=O. The van der Waals surface area contributed by atoms with Crippen LogP contribution in [0.4, 0.5) is 8.78 Å². The molecule has 2 aromatic carbocycles. The predicted molar refractivity (Wildman–Crippen MR) is 97.9 cm³/mol. The largest absolute Gasteiger partial charge is 0.274 e. The zero-order valence-corrected chi connectivity index (χ0v) is 14.8. The van der Waals surface area contributed by atoms with Gasteiger partial charge in [-0.2, -0.15) is 13.8 Å². The number of benzene rings is 2. The molecule has 140 valence electrons. The van der Waals surface area contributed by atoms with E-state index in [2.05, 4.69) is 4.98 Å². The van der Waals surface area contributed by atoms with E-state index < -0.39 is 29.3 Å². The lowest BCUT2D eigenvalue weighted by molar-refractivity contribution is 0.0608. The zero-order chi connectivity index (χ0) is 19.7. The molecule has 0 radical (unpaired) electrons. The number of fused-ring (bicyclic) bond motifs is 2. The van der Waals surface area contributed by atoms with Gasteiger partial charge in [-0.15, -0.1) is 0 Å². The van der Waals surface area contributed by atoms with E-state index in [1.807, 2.05) is 6.92 Å². The average molecular weight is 381 g/mol. The summed E-state index contributed by atoms with van der Waals surface area (Å²) in [5.74, 6) is -3.61. The van der Waals surface area contributed by atoms with E-state index in [1.54, 1.807) is 0 Å². The smallest absolute Gasteiger partial charge is 0.269 e. The minimum absolute atomic E-state index is 0.0991. The maximum absolute atomic E-state index is 14.1. The molecule has 0 fully saturated rings. The van der Waals surface area contributed by atoms with Gasteiger partial charge in [0.1, 0.15) is 0 Å². The topological polar surface area (TPSA) is 71.8 Å². The van der Waals surface area contributed by atoms with Crippen molar-refractivity contribution in [1.82, 2.24) is 14.3 Å². The molecule has 0 saturated carbocycles. The third-order valence-electron chi connectivity index (χ3n) is 5.30. The van der Waals surface area contributed by atoms with Crippen LogP contribution < -0.4 is 5.56 Å². The molecule has 0 spiro atoms. The number of rotatable bonds is 3. The van der Waals surface area contributed by atoms with Crippen LogP contribution in [0, 0.1) is 11.9 Å². The molecule has 8 heteroatoms. The second-order valence-corrected chi connectivity index (χ2v) is 6.84. The highest BCUT2D eigenvalue weighted by molar-refractivity contribution is 6.31. The van der Waals surface area contributed by atoms with Crippen LogP contribution in [0.2, 0.25) is 0 Å². The third kappa shape index (κ3) is 1.89. The first-order valence-electron chi connectivity index (χ1n) is 8.90. The van der Waals surface area contributed by atoms with Crippen LogP contribution in [0.25, 0.3) is 27.2 Å². The molecule has 1 aliphatic heterocycles. The number of hydrogen-bond acceptors (Lipinski definition) is 4. The van der Waals surface area contributed by atoms with E-state index in [1.165, 1.54) is 29.2 Å². The fraction of sp³-hybridized carbons (Fsp3) is 0.200. The van der Waals surface area contributed by atoms with E-state index >= 15 is 0 Å². The molecule has 28 heavy (non-hydrogen) atoms. The standard InChI is InChI=1S/C20H13F2N3O3/c1-2-3-8-24-18(26)10-5-4-9-13-12(7-6-11(14(10)13)19(24)27)20(28)25-16(22)15(21)23-17(9)25/h4-7H,2-3,8H2,1H3. The van der Waals surface area contributed by atoms with Gasteiger partial charge in [-0.05, 0) is 30.7 Å². The summed E-state index contributed by atoms with van der Waals surface area (Å²) >= 11 is 0. The molecular formula is C20H13F2N3O3. The Kier molecular flexibility index (Phi) is 3.31. The minimum Gasteiger partial charge on any atom is -0.274 e. The van der Waals surface area contributed by atoms with Gasteiger partial charge in [0.25, 0.3) is 29.3 Å². The molecule has 0 atom stereocenters. The Hall–Kier alpha value is -3.42. The highest BCUT2D eigenvalue weighted by atomic mass is 19.2. The molecule has 0 bridgehead atoms. The number of carbonyl (C=O) groups is 2. The van der Waals surface area contributed by atoms with Crippen LogP contribution >= 0.6 is 0 Å². The van der Waals surface area contributed by atoms with Crippen molar-refractivity contribution in [1.29, 1.82) is 0 Å². The van der Waals surface area contributed by atoms with Crippen molar-refractivity contribution in [3.05, 3.63) is 57.6 Å². The van der Waals surface area contributed by atoms with Crippen LogP contribution in [-0.4, -0.2) is 32.6 Å². The van der Waals surface area contributed by atoms with Crippen LogP contribution in [0.15, 0.2) is 29.1 Å². The molecular weight excluding hydrogens is 368 g/mol. The Bertz CT molecular complexity index is 1370. The van der Waals surface area contributed by atoms with Crippen molar-refractivity contribution < 1.29 is 18.4 Å². The van der Waals surface area contributed by atoms with E-state index in [9.17, 15) is 23.2 Å². The first-order valence-corrected chi connectivity index (χ1v) is 8.90. The molecule has 2 amide bonds. The number of imide groups is 1. The van der Waals surface area contributed by atoms with Gasteiger partial charge in [-0.3, -0.25) is 19.3 Å². The van der Waals surface area contributed by atoms with Crippen molar-refractivity contribution in [2.24, 2.45) is 0 Å². The fourth-order valence-electron chi connectivity index (χ4n) is 3.98. The normalized spacial score (nSPS) is 14.2. The zero-order valence-electron chi connectivity index (χ0n) is 14.8. The Morgan fingerprint density at radius 1 is 0.929 bits per heavy atom. The maximum Gasteiger partial charge on any atom is 0.269 e. The molecule has 0 saturated heterocycles. The van der Waals surface area contributed by atoms with Crippen LogP contribution in [0.5, 0.6) is 0 Å². The summed E-state index contributed by atoms with van der Waals surface area (Å²) < 4.78 is 28.4. The second kappa shape index (κ2) is 5.54. The summed E-state index contributed by atoms with van der Waals surface area (Å²) in [7, 11) is 0. The number of aromatic nitrogens is 2. The number of halogens is 2. The van der Waals surface area contributed by atoms with Gasteiger partial charge in [0.05, 0.1) is 0 Å². The second-order valence-electron chi connectivity index (χ2n) is 6.84. The summed E-state index contributed by atoms with van der Waals surface area (Å²) in [5, 5.41) is 1.07. The van der Waals surface area contributed by atoms with E-state index in [-0.39, 0.29) is 11.0 Å². The Morgan fingerprint density at radius 2 is 1.57 bits per heavy atom. The van der Waals surface area contributed by atoms with E-state index in [4.69, 9.17) is 0 Å². The van der Waals surface area contributed by atoms with Gasteiger partial charge in [-0.1, -0.05) is 13.3 Å². The summed E-state index contributed by atoms with van der Waals surface area (Å²) in [6.07, 6.45) is 1.51. The van der Waals surface area contributed by atoms with Crippen molar-refractivity contribution in [3.8, 4) is 0 Å². The van der Waals surface area contributed by atoms with Crippen molar-refractivity contribution in [2.45, 2.75) is 19.8 Å². The molecule has 1 aliphatic rings. The molecule has 3 heterocycles. The number of carbonyl (C=O) groups excluding carboxylic acids is 2. The minimum atomic E-state index is -1.38. The first-order chi connectivity index (χ1) is 13.5. The van der Waals surface area contributed by atoms with E-state index in [0.29, 0.717) is 44.7 Å². The quantitative estimate of drug-likeness (QED) is 0.511. The average Bonchev–Trinajstić information content (AvgIpc) is 2.99. The summed E-state index contributed by atoms with van der Waals surface area (Å²) in [4.78, 5) is 43.3. The van der Waals surface area contributed by atoms with Crippen molar-refractivity contribution in [3.63, 3.8) is 0 Å². The first kappa shape index (κ1) is 16.7. The monoisotopic (exact) mass is 381 g/mol. The predicted octanol–water partition coefficient (Wildman–Crippen LogP) is 3.11. The summed E-state index contributed by atoms with van der Waals surface area (Å²) in [6.45, 7) is 2.27. The Labute approximate surface area is 156 Å². The molecule has 0 aliphatic carbocycles. The lowest BCUT2D eigenvalue weighted by atomic mass is 9.90. The number of amides is 2. The van der Waals surface area contributed by atoms with Gasteiger partial charge < -0.3 is 0 Å². The van der Waals surface area contributed by atoms with Gasteiger partial charge in [0, 0.05) is 39.2 Å². The van der Waals surface area contributed by atoms with Crippen molar-refractivity contribution >= 4 is 39.0 Å².